The highest BCUT2D eigenvalue weighted by atomic mass is 16.5. The van der Waals surface area contributed by atoms with Gasteiger partial charge in [0.15, 0.2) is 0 Å². The van der Waals surface area contributed by atoms with Gasteiger partial charge in [0.1, 0.15) is 0 Å². The summed E-state index contributed by atoms with van der Waals surface area (Å²) in [6.45, 7) is 2.03. The Hall–Kier alpha value is -0.610. The lowest BCUT2D eigenvalue weighted by Gasteiger charge is -2.36. The molecule has 2 N–H and O–H groups in total. The second-order valence-corrected chi connectivity index (χ2v) is 4.03. The molecule has 1 unspecified atom stereocenters. The van der Waals surface area contributed by atoms with E-state index in [1.807, 2.05) is 6.92 Å². The number of rotatable bonds is 6. The van der Waals surface area contributed by atoms with E-state index in [-0.39, 0.29) is 12.5 Å². The molecule has 4 heteroatoms. The van der Waals surface area contributed by atoms with Crippen molar-refractivity contribution in [1.29, 1.82) is 0 Å². The molecular formula is C10H19NO3. The highest BCUT2D eigenvalue weighted by Crippen LogP contribution is 2.23. The van der Waals surface area contributed by atoms with Crippen LogP contribution in [-0.2, 0) is 9.53 Å². The summed E-state index contributed by atoms with van der Waals surface area (Å²) in [7, 11) is 1.73. The molecule has 1 fully saturated rings. The van der Waals surface area contributed by atoms with E-state index in [2.05, 4.69) is 5.32 Å². The van der Waals surface area contributed by atoms with Crippen molar-refractivity contribution < 1.29 is 14.6 Å². The summed E-state index contributed by atoms with van der Waals surface area (Å²) in [5.74, 6) is -0.720. The van der Waals surface area contributed by atoms with Crippen LogP contribution in [0.4, 0.5) is 0 Å². The number of carboxylic acids is 1. The van der Waals surface area contributed by atoms with Gasteiger partial charge in [-0.25, -0.2) is 0 Å². The third kappa shape index (κ3) is 3.64. The number of aliphatic carboxylic acids is 1. The molecule has 0 saturated heterocycles. The van der Waals surface area contributed by atoms with E-state index in [9.17, 15) is 4.79 Å². The lowest BCUT2D eigenvalue weighted by molar-refractivity contribution is -0.137. The van der Waals surface area contributed by atoms with Gasteiger partial charge in [0, 0.05) is 25.6 Å². The van der Waals surface area contributed by atoms with Crippen molar-refractivity contribution >= 4 is 5.97 Å². The van der Waals surface area contributed by atoms with Gasteiger partial charge in [-0.2, -0.15) is 0 Å². The molecule has 1 rings (SSSR count). The SMILES string of the molecule is COC1CC(NC(C)CCC(=O)O)C1. The minimum absolute atomic E-state index is 0.245. The molecular weight excluding hydrogens is 182 g/mol. The van der Waals surface area contributed by atoms with Crippen LogP contribution < -0.4 is 5.32 Å². The minimum Gasteiger partial charge on any atom is -0.481 e. The standard InChI is InChI=1S/C10H19NO3/c1-7(3-4-10(12)13)11-8-5-9(6-8)14-2/h7-9,11H,3-6H2,1-2H3,(H,12,13). The number of hydrogen-bond donors (Lipinski definition) is 2. The molecule has 0 radical (unpaired) electrons. The van der Waals surface area contributed by atoms with Gasteiger partial charge < -0.3 is 15.2 Å². The smallest absolute Gasteiger partial charge is 0.303 e. The van der Waals surface area contributed by atoms with Crippen molar-refractivity contribution in [2.75, 3.05) is 7.11 Å². The maximum atomic E-state index is 10.3. The van der Waals surface area contributed by atoms with Crippen LogP contribution in [-0.4, -0.2) is 36.4 Å². The molecule has 4 nitrogen and oxygen atoms in total. The number of nitrogens with one attached hydrogen (secondary N) is 1. The van der Waals surface area contributed by atoms with Gasteiger partial charge in [-0.3, -0.25) is 4.79 Å². The van der Waals surface area contributed by atoms with Crippen LogP contribution in [0.5, 0.6) is 0 Å². The zero-order valence-corrected chi connectivity index (χ0v) is 8.82. The Labute approximate surface area is 84.6 Å². The fraction of sp³-hybridized carbons (Fsp3) is 0.900. The minimum atomic E-state index is -0.720. The second-order valence-electron chi connectivity index (χ2n) is 4.03. The zero-order valence-electron chi connectivity index (χ0n) is 8.82. The van der Waals surface area contributed by atoms with Gasteiger partial charge in [-0.05, 0) is 26.2 Å². The van der Waals surface area contributed by atoms with Crippen molar-refractivity contribution in [3.63, 3.8) is 0 Å². The van der Waals surface area contributed by atoms with Gasteiger partial charge >= 0.3 is 5.97 Å². The topological polar surface area (TPSA) is 58.6 Å². The predicted molar refractivity (Wildman–Crippen MR) is 53.3 cm³/mol. The second kappa shape index (κ2) is 5.32. The molecule has 0 bridgehead atoms. The summed E-state index contributed by atoms with van der Waals surface area (Å²) in [4.78, 5) is 10.3. The Kier molecular flexibility index (Phi) is 4.35. The summed E-state index contributed by atoms with van der Waals surface area (Å²) in [5, 5.41) is 11.9. The van der Waals surface area contributed by atoms with E-state index in [0.29, 0.717) is 18.6 Å². The molecule has 0 heterocycles. The monoisotopic (exact) mass is 201 g/mol. The Bertz CT molecular complexity index is 190. The van der Waals surface area contributed by atoms with E-state index >= 15 is 0 Å². The molecule has 0 aromatic heterocycles. The van der Waals surface area contributed by atoms with Gasteiger partial charge in [-0.1, -0.05) is 0 Å². The van der Waals surface area contributed by atoms with Gasteiger partial charge in [0.25, 0.3) is 0 Å². The number of carbonyl (C=O) groups is 1. The Balaban J connectivity index is 2.04. The highest BCUT2D eigenvalue weighted by molar-refractivity contribution is 5.66. The summed E-state index contributed by atoms with van der Waals surface area (Å²) in [6.07, 6.45) is 3.44. The molecule has 0 aromatic carbocycles. The number of ether oxygens (including phenoxy) is 1. The normalized spacial score (nSPS) is 28.1. The lowest BCUT2D eigenvalue weighted by atomic mass is 9.88. The third-order valence-electron chi connectivity index (χ3n) is 2.74. The molecule has 0 aromatic rings. The number of carboxylic acid groups (broad SMARTS) is 1. The van der Waals surface area contributed by atoms with Crippen LogP contribution in [0.25, 0.3) is 0 Å². The molecule has 1 aliphatic rings. The molecule has 0 amide bonds. The molecule has 82 valence electrons. The first-order valence-corrected chi connectivity index (χ1v) is 5.12. The van der Waals surface area contributed by atoms with Crippen molar-refractivity contribution in [1.82, 2.24) is 5.32 Å². The van der Waals surface area contributed by atoms with Crippen LogP contribution in [0, 0.1) is 0 Å². The first kappa shape index (κ1) is 11.5. The average molecular weight is 201 g/mol. The van der Waals surface area contributed by atoms with Crippen LogP contribution in [0.15, 0.2) is 0 Å². The Morgan fingerprint density at radius 2 is 2.29 bits per heavy atom. The average Bonchev–Trinajstić information content (AvgIpc) is 2.07. The summed E-state index contributed by atoms with van der Waals surface area (Å²) in [6, 6.07) is 0.803. The molecule has 0 spiro atoms. The molecule has 14 heavy (non-hydrogen) atoms. The highest BCUT2D eigenvalue weighted by Gasteiger charge is 2.29. The Morgan fingerprint density at radius 3 is 2.79 bits per heavy atom. The lowest BCUT2D eigenvalue weighted by Crippen LogP contribution is -2.48. The van der Waals surface area contributed by atoms with Crippen molar-refractivity contribution in [2.45, 2.75) is 50.8 Å². The fourth-order valence-electron chi connectivity index (χ4n) is 1.72. The summed E-state index contributed by atoms with van der Waals surface area (Å²) < 4.78 is 5.16. The van der Waals surface area contributed by atoms with Gasteiger partial charge in [0.2, 0.25) is 0 Å². The fourth-order valence-corrected chi connectivity index (χ4v) is 1.72. The zero-order chi connectivity index (χ0) is 10.6. The number of methoxy groups -OCH3 is 1. The first-order chi connectivity index (χ1) is 6.61. The maximum Gasteiger partial charge on any atom is 0.303 e. The number of hydrogen-bond acceptors (Lipinski definition) is 3. The van der Waals surface area contributed by atoms with E-state index in [4.69, 9.17) is 9.84 Å². The van der Waals surface area contributed by atoms with E-state index in [0.717, 1.165) is 12.8 Å². The molecule has 1 atom stereocenters. The first-order valence-electron chi connectivity index (χ1n) is 5.12. The Morgan fingerprint density at radius 1 is 1.64 bits per heavy atom. The van der Waals surface area contributed by atoms with Gasteiger partial charge in [0.05, 0.1) is 6.10 Å². The van der Waals surface area contributed by atoms with E-state index in [1.54, 1.807) is 7.11 Å². The van der Waals surface area contributed by atoms with E-state index < -0.39 is 5.97 Å². The predicted octanol–water partition coefficient (Wildman–Crippen LogP) is 1.01. The largest absolute Gasteiger partial charge is 0.481 e. The van der Waals surface area contributed by atoms with E-state index in [1.165, 1.54) is 0 Å². The van der Waals surface area contributed by atoms with Crippen LogP contribution in [0.2, 0.25) is 0 Å². The van der Waals surface area contributed by atoms with Crippen LogP contribution >= 0.6 is 0 Å². The van der Waals surface area contributed by atoms with Crippen molar-refractivity contribution in [3.8, 4) is 0 Å². The van der Waals surface area contributed by atoms with Crippen molar-refractivity contribution in [2.24, 2.45) is 0 Å². The summed E-state index contributed by atoms with van der Waals surface area (Å²) >= 11 is 0. The van der Waals surface area contributed by atoms with Crippen molar-refractivity contribution in [3.05, 3.63) is 0 Å². The van der Waals surface area contributed by atoms with Gasteiger partial charge in [-0.15, -0.1) is 0 Å². The van der Waals surface area contributed by atoms with Crippen LogP contribution in [0.1, 0.15) is 32.6 Å². The third-order valence-corrected chi connectivity index (χ3v) is 2.74. The quantitative estimate of drug-likeness (QED) is 0.673. The summed E-state index contributed by atoms with van der Waals surface area (Å²) in [5.41, 5.74) is 0. The molecule has 0 aliphatic heterocycles. The molecule has 1 saturated carbocycles. The maximum absolute atomic E-state index is 10.3. The molecule has 1 aliphatic carbocycles. The van der Waals surface area contributed by atoms with Crippen LogP contribution in [0.3, 0.4) is 0 Å².